The van der Waals surface area contributed by atoms with Gasteiger partial charge in [0, 0.05) is 0 Å². The lowest BCUT2D eigenvalue weighted by Gasteiger charge is -2.35. The van der Waals surface area contributed by atoms with Crippen LogP contribution in [0, 0.1) is 5.92 Å². The van der Waals surface area contributed by atoms with Gasteiger partial charge >= 0.3 is 0 Å². The second kappa shape index (κ2) is 6.41. The molecule has 0 aromatic heterocycles. The van der Waals surface area contributed by atoms with E-state index >= 15 is 0 Å². The monoisotopic (exact) mass is 202 g/mol. The molecule has 2 heteroatoms. The fraction of sp³-hybridized carbons (Fsp3) is 1.00. The van der Waals surface area contributed by atoms with Crippen molar-refractivity contribution in [3.05, 3.63) is 0 Å². The van der Waals surface area contributed by atoms with Crippen LogP contribution < -0.4 is 0 Å². The van der Waals surface area contributed by atoms with Crippen LogP contribution in [0.15, 0.2) is 0 Å². The first kappa shape index (κ1) is 13.9. The number of aliphatic hydroxyl groups is 1. The molecule has 0 spiro atoms. The van der Waals surface area contributed by atoms with Gasteiger partial charge in [-0.3, -0.25) is 0 Å². The second-order valence-corrected chi connectivity index (χ2v) is 4.53. The summed E-state index contributed by atoms with van der Waals surface area (Å²) in [5, 5.41) is 9.21. The molecule has 2 nitrogen and oxygen atoms in total. The van der Waals surface area contributed by atoms with Gasteiger partial charge in [-0.1, -0.05) is 33.6 Å². The van der Waals surface area contributed by atoms with Gasteiger partial charge in [0.05, 0.1) is 18.3 Å². The van der Waals surface area contributed by atoms with Crippen molar-refractivity contribution in [3.63, 3.8) is 0 Å². The molecule has 0 aromatic carbocycles. The third kappa shape index (κ3) is 4.43. The third-order valence-corrected chi connectivity index (χ3v) is 3.06. The Bertz CT molecular complexity index is 145. The minimum atomic E-state index is -0.366. The highest BCUT2D eigenvalue weighted by Crippen LogP contribution is 2.29. The Morgan fingerprint density at radius 3 is 2.21 bits per heavy atom. The summed E-state index contributed by atoms with van der Waals surface area (Å²) in [5.41, 5.74) is -0.0690. The van der Waals surface area contributed by atoms with E-state index in [2.05, 4.69) is 27.7 Å². The first-order valence-electron chi connectivity index (χ1n) is 5.78. The normalized spacial score (nSPS) is 20.1. The molecular formula is C12H26O2. The van der Waals surface area contributed by atoms with Gasteiger partial charge in [0.15, 0.2) is 0 Å². The molecule has 0 aliphatic carbocycles. The van der Waals surface area contributed by atoms with E-state index in [-0.39, 0.29) is 11.7 Å². The zero-order valence-electron chi connectivity index (χ0n) is 10.3. The quantitative estimate of drug-likeness (QED) is 0.687. The molecule has 0 aromatic rings. The van der Waals surface area contributed by atoms with Crippen molar-refractivity contribution in [1.82, 2.24) is 0 Å². The van der Waals surface area contributed by atoms with Crippen LogP contribution in [0.3, 0.4) is 0 Å². The van der Waals surface area contributed by atoms with Gasteiger partial charge in [0.1, 0.15) is 0 Å². The van der Waals surface area contributed by atoms with Gasteiger partial charge in [-0.05, 0) is 26.2 Å². The maximum absolute atomic E-state index is 9.21. The van der Waals surface area contributed by atoms with E-state index < -0.39 is 0 Å². The molecule has 1 N–H and O–H groups in total. The fourth-order valence-electron chi connectivity index (χ4n) is 1.70. The molecule has 3 unspecified atom stereocenters. The van der Waals surface area contributed by atoms with Crippen LogP contribution in [-0.2, 0) is 4.74 Å². The highest BCUT2D eigenvalue weighted by molar-refractivity contribution is 4.80. The Morgan fingerprint density at radius 2 is 1.86 bits per heavy atom. The number of hydrogen-bond donors (Lipinski definition) is 1. The van der Waals surface area contributed by atoms with Crippen molar-refractivity contribution in [2.45, 2.75) is 65.6 Å². The lowest BCUT2D eigenvalue weighted by molar-refractivity contribution is -0.101. The van der Waals surface area contributed by atoms with Gasteiger partial charge in [0.25, 0.3) is 0 Å². The predicted octanol–water partition coefficient (Wildman–Crippen LogP) is 2.99. The molecule has 0 rings (SSSR count). The Balaban J connectivity index is 4.23. The number of aliphatic hydroxyl groups excluding tert-OH is 1. The number of hydrogen-bond acceptors (Lipinski definition) is 2. The number of rotatable bonds is 7. The molecule has 0 radical (unpaired) electrons. The summed E-state index contributed by atoms with van der Waals surface area (Å²) in [6.45, 7) is 10.9. The molecule has 0 saturated carbocycles. The maximum atomic E-state index is 9.21. The zero-order valence-corrected chi connectivity index (χ0v) is 10.3. The minimum Gasteiger partial charge on any atom is -0.391 e. The van der Waals surface area contributed by atoms with Gasteiger partial charge in [-0.15, -0.1) is 0 Å². The lowest BCUT2D eigenvalue weighted by Crippen LogP contribution is -2.38. The van der Waals surface area contributed by atoms with Crippen molar-refractivity contribution in [2.24, 2.45) is 5.92 Å². The SMILES string of the molecule is CCCC(C)(OCC(C)O)C(C)CC. The van der Waals surface area contributed by atoms with Crippen LogP contribution in [0.1, 0.15) is 53.9 Å². The Kier molecular flexibility index (Phi) is 6.38. The van der Waals surface area contributed by atoms with Crippen molar-refractivity contribution in [3.8, 4) is 0 Å². The van der Waals surface area contributed by atoms with E-state index in [4.69, 9.17) is 4.74 Å². The number of ether oxygens (including phenoxy) is 1. The van der Waals surface area contributed by atoms with Crippen LogP contribution >= 0.6 is 0 Å². The molecular weight excluding hydrogens is 176 g/mol. The highest BCUT2D eigenvalue weighted by Gasteiger charge is 2.30. The Labute approximate surface area is 88.7 Å². The van der Waals surface area contributed by atoms with E-state index in [0.717, 1.165) is 19.3 Å². The van der Waals surface area contributed by atoms with Crippen LogP contribution in [0.5, 0.6) is 0 Å². The molecule has 0 heterocycles. The van der Waals surface area contributed by atoms with Gasteiger partial charge in [-0.2, -0.15) is 0 Å². The average molecular weight is 202 g/mol. The fourth-order valence-corrected chi connectivity index (χ4v) is 1.70. The van der Waals surface area contributed by atoms with E-state index in [1.807, 2.05) is 0 Å². The van der Waals surface area contributed by atoms with Gasteiger partial charge in [0.2, 0.25) is 0 Å². The smallest absolute Gasteiger partial charge is 0.0745 e. The van der Waals surface area contributed by atoms with E-state index in [1.165, 1.54) is 0 Å². The average Bonchev–Trinajstić information content (AvgIpc) is 2.14. The summed E-state index contributed by atoms with van der Waals surface area (Å²) in [6.07, 6.45) is 2.95. The zero-order chi connectivity index (χ0) is 11.2. The molecule has 3 atom stereocenters. The standard InChI is InChI=1S/C12H26O2/c1-6-8-12(5,10(3)7-2)14-9-11(4)13/h10-11,13H,6-9H2,1-5H3. The van der Waals surface area contributed by atoms with Crippen LogP contribution in [0.2, 0.25) is 0 Å². The maximum Gasteiger partial charge on any atom is 0.0745 e. The Hall–Kier alpha value is -0.0800. The summed E-state index contributed by atoms with van der Waals surface area (Å²) in [4.78, 5) is 0. The molecule has 0 bridgehead atoms. The third-order valence-electron chi connectivity index (χ3n) is 3.06. The molecule has 0 amide bonds. The summed E-state index contributed by atoms with van der Waals surface area (Å²) >= 11 is 0. The molecule has 0 aliphatic heterocycles. The highest BCUT2D eigenvalue weighted by atomic mass is 16.5. The van der Waals surface area contributed by atoms with Crippen molar-refractivity contribution in [2.75, 3.05) is 6.61 Å². The predicted molar refractivity (Wildman–Crippen MR) is 60.4 cm³/mol. The summed E-state index contributed by atoms with van der Waals surface area (Å²) < 4.78 is 5.83. The van der Waals surface area contributed by atoms with Crippen molar-refractivity contribution < 1.29 is 9.84 Å². The van der Waals surface area contributed by atoms with Crippen molar-refractivity contribution >= 4 is 0 Å². The van der Waals surface area contributed by atoms with E-state index in [1.54, 1.807) is 6.92 Å². The first-order chi connectivity index (χ1) is 6.46. The summed E-state index contributed by atoms with van der Waals surface area (Å²) in [5.74, 6) is 0.543. The minimum absolute atomic E-state index is 0.0690. The molecule has 0 saturated heterocycles. The van der Waals surface area contributed by atoms with Crippen LogP contribution in [0.4, 0.5) is 0 Å². The van der Waals surface area contributed by atoms with Gasteiger partial charge in [-0.25, -0.2) is 0 Å². The van der Waals surface area contributed by atoms with Crippen molar-refractivity contribution in [1.29, 1.82) is 0 Å². The second-order valence-electron chi connectivity index (χ2n) is 4.53. The van der Waals surface area contributed by atoms with Crippen LogP contribution in [0.25, 0.3) is 0 Å². The largest absolute Gasteiger partial charge is 0.391 e. The first-order valence-corrected chi connectivity index (χ1v) is 5.78. The molecule has 0 aliphatic rings. The summed E-state index contributed by atoms with van der Waals surface area (Å²) in [6, 6.07) is 0. The lowest BCUT2D eigenvalue weighted by atomic mass is 9.84. The van der Waals surface area contributed by atoms with E-state index in [0.29, 0.717) is 12.5 Å². The topological polar surface area (TPSA) is 29.5 Å². The van der Waals surface area contributed by atoms with E-state index in [9.17, 15) is 5.11 Å². The molecule has 86 valence electrons. The van der Waals surface area contributed by atoms with Crippen LogP contribution in [-0.4, -0.2) is 23.4 Å². The molecule has 0 fully saturated rings. The Morgan fingerprint density at radius 1 is 1.29 bits per heavy atom. The molecule has 14 heavy (non-hydrogen) atoms. The summed E-state index contributed by atoms with van der Waals surface area (Å²) in [7, 11) is 0. The van der Waals surface area contributed by atoms with Gasteiger partial charge < -0.3 is 9.84 Å².